The molecule has 0 radical (unpaired) electrons. The number of nitrogen functional groups attached to an aromatic ring is 1. The molecule has 0 unspecified atom stereocenters. The Bertz CT molecular complexity index is 474. The molecule has 0 saturated heterocycles. The zero-order valence-electron chi connectivity index (χ0n) is 7.37. The molecule has 13 heavy (non-hydrogen) atoms. The average Bonchev–Trinajstić information content (AvgIpc) is 2.42. The van der Waals surface area contributed by atoms with Crippen molar-refractivity contribution < 1.29 is 0 Å². The molecule has 2 aromatic rings. The van der Waals surface area contributed by atoms with Crippen molar-refractivity contribution in [2.75, 3.05) is 5.73 Å². The van der Waals surface area contributed by atoms with E-state index >= 15 is 0 Å². The second-order valence-corrected chi connectivity index (χ2v) is 3.82. The number of pyridine rings is 1. The van der Waals surface area contributed by atoms with Crippen LogP contribution in [0.25, 0.3) is 5.65 Å². The molecule has 2 N–H and O–H groups in total. The molecule has 68 valence electrons. The van der Waals surface area contributed by atoms with Crippen LogP contribution in [0.15, 0.2) is 10.7 Å². The molecule has 0 aliphatic heterocycles. The second kappa shape index (κ2) is 2.70. The Balaban J connectivity index is 2.92. The molecule has 0 saturated carbocycles. The lowest BCUT2D eigenvalue weighted by atomic mass is 10.2. The lowest BCUT2D eigenvalue weighted by Gasteiger charge is -2.03. The van der Waals surface area contributed by atoms with Crippen LogP contribution in [0.3, 0.4) is 0 Å². The molecule has 0 atom stereocenters. The summed E-state index contributed by atoms with van der Waals surface area (Å²) < 4.78 is 2.70. The minimum Gasteiger partial charge on any atom is -0.366 e. The summed E-state index contributed by atoms with van der Waals surface area (Å²) >= 11 is 3.45. The SMILES string of the molecule is Cc1c(Br)cn2nc(N)nc2c1C. The van der Waals surface area contributed by atoms with E-state index in [0.717, 1.165) is 15.7 Å². The largest absolute Gasteiger partial charge is 0.366 e. The summed E-state index contributed by atoms with van der Waals surface area (Å²) in [5.41, 5.74) is 8.58. The molecule has 0 fully saturated rings. The summed E-state index contributed by atoms with van der Waals surface area (Å²) in [6.45, 7) is 4.04. The van der Waals surface area contributed by atoms with E-state index in [1.165, 1.54) is 5.56 Å². The van der Waals surface area contributed by atoms with Gasteiger partial charge >= 0.3 is 0 Å². The molecule has 5 heteroatoms. The van der Waals surface area contributed by atoms with Crippen LogP contribution < -0.4 is 5.73 Å². The molecule has 0 amide bonds. The van der Waals surface area contributed by atoms with Crippen molar-refractivity contribution >= 4 is 27.5 Å². The first-order valence-electron chi connectivity index (χ1n) is 3.87. The zero-order chi connectivity index (χ0) is 9.59. The summed E-state index contributed by atoms with van der Waals surface area (Å²) in [6.07, 6.45) is 1.86. The Kier molecular flexibility index (Phi) is 1.76. The van der Waals surface area contributed by atoms with Gasteiger partial charge in [0.05, 0.1) is 0 Å². The van der Waals surface area contributed by atoms with Crippen LogP contribution in [0.2, 0.25) is 0 Å². The first-order chi connectivity index (χ1) is 6.09. The van der Waals surface area contributed by atoms with Crippen LogP contribution in [0.1, 0.15) is 11.1 Å². The molecule has 4 nitrogen and oxygen atoms in total. The van der Waals surface area contributed by atoms with E-state index in [1.54, 1.807) is 4.52 Å². The van der Waals surface area contributed by atoms with Gasteiger partial charge in [0.15, 0.2) is 5.65 Å². The van der Waals surface area contributed by atoms with E-state index < -0.39 is 0 Å². The predicted octanol–water partition coefficient (Wildman–Crippen LogP) is 1.69. The quantitative estimate of drug-likeness (QED) is 0.763. The van der Waals surface area contributed by atoms with Crippen molar-refractivity contribution in [3.63, 3.8) is 0 Å². The molecule has 0 spiro atoms. The number of rotatable bonds is 0. The van der Waals surface area contributed by atoms with E-state index in [-0.39, 0.29) is 0 Å². The fourth-order valence-electron chi connectivity index (χ4n) is 1.24. The summed E-state index contributed by atoms with van der Waals surface area (Å²) in [4.78, 5) is 4.12. The Morgan fingerprint density at radius 3 is 2.77 bits per heavy atom. The second-order valence-electron chi connectivity index (χ2n) is 2.97. The van der Waals surface area contributed by atoms with Crippen LogP contribution in [0.5, 0.6) is 0 Å². The molecule has 2 heterocycles. The monoisotopic (exact) mass is 240 g/mol. The molecular formula is C8H9BrN4. The topological polar surface area (TPSA) is 56.2 Å². The van der Waals surface area contributed by atoms with Gasteiger partial charge in [-0.25, -0.2) is 4.52 Å². The van der Waals surface area contributed by atoms with Crippen molar-refractivity contribution in [2.24, 2.45) is 0 Å². The third-order valence-electron chi connectivity index (χ3n) is 2.14. The highest BCUT2D eigenvalue weighted by atomic mass is 79.9. The highest BCUT2D eigenvalue weighted by molar-refractivity contribution is 9.10. The van der Waals surface area contributed by atoms with Gasteiger partial charge in [-0.3, -0.25) is 0 Å². The first kappa shape index (κ1) is 8.50. The van der Waals surface area contributed by atoms with Gasteiger partial charge in [-0.05, 0) is 40.9 Å². The summed E-state index contributed by atoms with van der Waals surface area (Å²) in [7, 11) is 0. The third-order valence-corrected chi connectivity index (χ3v) is 2.94. The van der Waals surface area contributed by atoms with Gasteiger partial charge in [-0.15, -0.1) is 5.10 Å². The smallest absolute Gasteiger partial charge is 0.240 e. The van der Waals surface area contributed by atoms with E-state index in [1.807, 2.05) is 20.0 Å². The number of fused-ring (bicyclic) bond motifs is 1. The fraction of sp³-hybridized carbons (Fsp3) is 0.250. The molecule has 0 bridgehead atoms. The van der Waals surface area contributed by atoms with Gasteiger partial charge in [0.25, 0.3) is 0 Å². The number of aryl methyl sites for hydroxylation is 1. The Morgan fingerprint density at radius 2 is 2.08 bits per heavy atom. The van der Waals surface area contributed by atoms with E-state index in [0.29, 0.717) is 5.95 Å². The van der Waals surface area contributed by atoms with Crippen molar-refractivity contribution in [1.29, 1.82) is 0 Å². The van der Waals surface area contributed by atoms with E-state index in [9.17, 15) is 0 Å². The molecule has 0 aliphatic carbocycles. The Hall–Kier alpha value is -1.10. The van der Waals surface area contributed by atoms with Crippen LogP contribution in [-0.2, 0) is 0 Å². The number of hydrogen-bond acceptors (Lipinski definition) is 3. The minimum absolute atomic E-state index is 0.306. The minimum atomic E-state index is 0.306. The number of nitrogens with two attached hydrogens (primary N) is 1. The van der Waals surface area contributed by atoms with Gasteiger partial charge < -0.3 is 5.73 Å². The number of halogens is 1. The van der Waals surface area contributed by atoms with Crippen molar-refractivity contribution in [3.8, 4) is 0 Å². The molecule has 0 aromatic carbocycles. The summed E-state index contributed by atoms with van der Waals surface area (Å²) in [5.74, 6) is 0.306. The number of aromatic nitrogens is 3. The van der Waals surface area contributed by atoms with Crippen LogP contribution in [0.4, 0.5) is 5.95 Å². The standard InChI is InChI=1S/C8H9BrN4/c1-4-5(2)7-11-8(10)12-13(7)3-6(4)9/h3H,1-2H3,(H2,10,12). The fourth-order valence-corrected chi connectivity index (χ4v) is 1.73. The maximum Gasteiger partial charge on any atom is 0.240 e. The van der Waals surface area contributed by atoms with Gasteiger partial charge in [0.1, 0.15) is 0 Å². The van der Waals surface area contributed by atoms with Crippen LogP contribution in [-0.4, -0.2) is 14.6 Å². The summed E-state index contributed by atoms with van der Waals surface area (Å²) in [6, 6.07) is 0. The van der Waals surface area contributed by atoms with Gasteiger partial charge in [-0.2, -0.15) is 4.98 Å². The van der Waals surface area contributed by atoms with Gasteiger partial charge in [-0.1, -0.05) is 0 Å². The van der Waals surface area contributed by atoms with E-state index in [2.05, 4.69) is 26.0 Å². The maximum absolute atomic E-state index is 5.50. The number of nitrogens with zero attached hydrogens (tertiary/aromatic N) is 3. The Labute approximate surface area is 83.9 Å². The normalized spacial score (nSPS) is 11.0. The van der Waals surface area contributed by atoms with Crippen molar-refractivity contribution in [1.82, 2.24) is 14.6 Å². The number of hydrogen-bond donors (Lipinski definition) is 1. The van der Waals surface area contributed by atoms with Crippen molar-refractivity contribution in [3.05, 3.63) is 21.8 Å². The highest BCUT2D eigenvalue weighted by Gasteiger charge is 2.08. The molecule has 0 aliphatic rings. The lowest BCUT2D eigenvalue weighted by molar-refractivity contribution is 0.951. The number of anilines is 1. The van der Waals surface area contributed by atoms with Crippen molar-refractivity contribution in [2.45, 2.75) is 13.8 Å². The van der Waals surface area contributed by atoms with Crippen LogP contribution >= 0.6 is 15.9 Å². The molecular weight excluding hydrogens is 232 g/mol. The summed E-state index contributed by atoms with van der Waals surface area (Å²) in [5, 5.41) is 4.03. The average molecular weight is 241 g/mol. The third kappa shape index (κ3) is 1.19. The first-order valence-corrected chi connectivity index (χ1v) is 4.66. The highest BCUT2D eigenvalue weighted by Crippen LogP contribution is 2.22. The zero-order valence-corrected chi connectivity index (χ0v) is 8.96. The molecule has 2 aromatic heterocycles. The lowest BCUT2D eigenvalue weighted by Crippen LogP contribution is -1.94. The van der Waals surface area contributed by atoms with Gasteiger partial charge in [0, 0.05) is 10.7 Å². The van der Waals surface area contributed by atoms with Gasteiger partial charge in [0.2, 0.25) is 5.95 Å². The predicted molar refractivity (Wildman–Crippen MR) is 54.6 cm³/mol. The molecule has 2 rings (SSSR count). The maximum atomic E-state index is 5.50. The van der Waals surface area contributed by atoms with E-state index in [4.69, 9.17) is 5.73 Å². The Morgan fingerprint density at radius 1 is 1.38 bits per heavy atom. The van der Waals surface area contributed by atoms with Crippen LogP contribution in [0, 0.1) is 13.8 Å².